The maximum Gasteiger partial charge on any atom is 0.243 e. The second-order valence-electron chi connectivity index (χ2n) is 4.26. The minimum absolute atomic E-state index is 0.282. The standard InChI is InChI=1S/C17H11NO2/c19-12-18-17-16(14-9-5-2-6-10-14)15(11-20-17)13-7-3-1-4-8-13/h1-11H. The molecule has 0 aliphatic heterocycles. The zero-order valence-corrected chi connectivity index (χ0v) is 10.6. The monoisotopic (exact) mass is 261 g/mol. The molecule has 3 nitrogen and oxygen atoms in total. The number of hydrogen-bond donors (Lipinski definition) is 0. The molecule has 0 aliphatic carbocycles. The summed E-state index contributed by atoms with van der Waals surface area (Å²) in [4.78, 5) is 14.2. The highest BCUT2D eigenvalue weighted by molar-refractivity contribution is 5.89. The smallest absolute Gasteiger partial charge is 0.243 e. The predicted molar refractivity (Wildman–Crippen MR) is 77.4 cm³/mol. The Hall–Kier alpha value is -2.90. The van der Waals surface area contributed by atoms with Crippen LogP contribution in [0.15, 0.2) is 76.3 Å². The number of rotatable bonds is 3. The summed E-state index contributed by atoms with van der Waals surface area (Å²) < 4.78 is 5.42. The number of aliphatic imine (C=N–C) groups is 1. The summed E-state index contributed by atoms with van der Waals surface area (Å²) in [6, 6.07) is 19.6. The van der Waals surface area contributed by atoms with Crippen molar-refractivity contribution in [2.45, 2.75) is 0 Å². The van der Waals surface area contributed by atoms with Crippen molar-refractivity contribution in [3.05, 3.63) is 66.9 Å². The number of furan rings is 1. The first kappa shape index (κ1) is 12.2. The molecule has 3 aromatic rings. The van der Waals surface area contributed by atoms with Crippen LogP contribution in [0.1, 0.15) is 0 Å². The average molecular weight is 261 g/mol. The van der Waals surface area contributed by atoms with Gasteiger partial charge in [0.15, 0.2) is 0 Å². The third-order valence-electron chi connectivity index (χ3n) is 3.07. The molecule has 0 fully saturated rings. The number of nitrogens with zero attached hydrogens (tertiary/aromatic N) is 1. The van der Waals surface area contributed by atoms with Gasteiger partial charge in [0, 0.05) is 5.56 Å². The summed E-state index contributed by atoms with van der Waals surface area (Å²) in [6.45, 7) is 0. The first-order valence-electron chi connectivity index (χ1n) is 6.20. The summed E-state index contributed by atoms with van der Waals surface area (Å²) in [5.74, 6) is 0.282. The molecular formula is C17H11NO2. The Kier molecular flexibility index (Phi) is 3.27. The van der Waals surface area contributed by atoms with Crippen LogP contribution in [0.5, 0.6) is 0 Å². The summed E-state index contributed by atoms with van der Waals surface area (Å²) >= 11 is 0. The molecule has 0 atom stereocenters. The lowest BCUT2D eigenvalue weighted by Gasteiger charge is -2.03. The summed E-state index contributed by atoms with van der Waals surface area (Å²) in [5.41, 5.74) is 3.68. The van der Waals surface area contributed by atoms with E-state index < -0.39 is 0 Å². The van der Waals surface area contributed by atoms with Crippen LogP contribution < -0.4 is 0 Å². The van der Waals surface area contributed by atoms with E-state index in [0.717, 1.165) is 22.3 Å². The quantitative estimate of drug-likeness (QED) is 0.511. The van der Waals surface area contributed by atoms with Crippen LogP contribution >= 0.6 is 0 Å². The first-order chi connectivity index (χ1) is 9.90. The van der Waals surface area contributed by atoms with Gasteiger partial charge in [-0.15, -0.1) is 4.99 Å². The molecule has 0 saturated heterocycles. The molecule has 2 aromatic carbocycles. The fraction of sp³-hybridized carbons (Fsp3) is 0. The normalized spacial score (nSPS) is 10.0. The molecule has 20 heavy (non-hydrogen) atoms. The molecule has 0 radical (unpaired) electrons. The van der Waals surface area contributed by atoms with Gasteiger partial charge >= 0.3 is 0 Å². The van der Waals surface area contributed by atoms with E-state index in [1.54, 1.807) is 12.3 Å². The van der Waals surface area contributed by atoms with Crippen LogP contribution in [0.25, 0.3) is 22.3 Å². The molecule has 0 unspecified atom stereocenters. The number of hydrogen-bond acceptors (Lipinski definition) is 3. The molecule has 3 rings (SSSR count). The van der Waals surface area contributed by atoms with E-state index in [9.17, 15) is 4.79 Å². The Morgan fingerprint density at radius 1 is 0.850 bits per heavy atom. The first-order valence-corrected chi connectivity index (χ1v) is 6.20. The maximum atomic E-state index is 10.6. The van der Waals surface area contributed by atoms with Crippen LogP contribution in [0, 0.1) is 0 Å². The Bertz CT molecular complexity index is 754. The van der Waals surface area contributed by atoms with Gasteiger partial charge in [0.2, 0.25) is 12.0 Å². The van der Waals surface area contributed by atoms with Crippen molar-refractivity contribution in [1.29, 1.82) is 0 Å². The third kappa shape index (κ3) is 2.18. The second-order valence-corrected chi connectivity index (χ2v) is 4.26. The number of benzene rings is 2. The molecule has 0 saturated carbocycles. The minimum Gasteiger partial charge on any atom is -0.445 e. The minimum atomic E-state index is 0.282. The lowest BCUT2D eigenvalue weighted by Crippen LogP contribution is -1.80. The van der Waals surface area contributed by atoms with E-state index in [4.69, 9.17) is 4.42 Å². The van der Waals surface area contributed by atoms with Gasteiger partial charge < -0.3 is 4.42 Å². The summed E-state index contributed by atoms with van der Waals surface area (Å²) in [5, 5.41) is 0. The molecule has 0 amide bonds. The molecular weight excluding hydrogens is 250 g/mol. The van der Waals surface area contributed by atoms with E-state index in [2.05, 4.69) is 4.99 Å². The lowest BCUT2D eigenvalue weighted by atomic mass is 9.98. The Balaban J connectivity index is 2.24. The topological polar surface area (TPSA) is 42.6 Å². The fourth-order valence-electron chi connectivity index (χ4n) is 2.19. The van der Waals surface area contributed by atoms with Crippen molar-refractivity contribution < 1.29 is 9.21 Å². The molecule has 0 N–H and O–H groups in total. The molecule has 0 bridgehead atoms. The van der Waals surface area contributed by atoms with Gasteiger partial charge in [0.1, 0.15) is 6.26 Å². The van der Waals surface area contributed by atoms with Crippen LogP contribution in [0.2, 0.25) is 0 Å². The van der Waals surface area contributed by atoms with Crippen LogP contribution in [-0.2, 0) is 4.79 Å². The SMILES string of the molecule is O=C=Nc1occ(-c2ccccc2)c1-c1ccccc1. The lowest BCUT2D eigenvalue weighted by molar-refractivity contribution is 0.555. The molecule has 0 aliphatic rings. The van der Waals surface area contributed by atoms with Gasteiger partial charge in [-0.1, -0.05) is 60.7 Å². The van der Waals surface area contributed by atoms with Gasteiger partial charge in [-0.05, 0) is 11.1 Å². The van der Waals surface area contributed by atoms with Crippen molar-refractivity contribution in [3.8, 4) is 22.3 Å². The van der Waals surface area contributed by atoms with E-state index in [1.807, 2.05) is 60.7 Å². The van der Waals surface area contributed by atoms with E-state index in [0.29, 0.717) is 0 Å². The van der Waals surface area contributed by atoms with Crippen molar-refractivity contribution in [2.24, 2.45) is 4.99 Å². The summed E-state index contributed by atoms with van der Waals surface area (Å²) in [6.07, 6.45) is 3.16. The van der Waals surface area contributed by atoms with Gasteiger partial charge in [-0.3, -0.25) is 0 Å². The number of isocyanates is 1. The van der Waals surface area contributed by atoms with Gasteiger partial charge in [0.05, 0.1) is 5.56 Å². The average Bonchev–Trinajstić information content (AvgIpc) is 2.93. The zero-order valence-electron chi connectivity index (χ0n) is 10.6. The highest BCUT2D eigenvalue weighted by Gasteiger charge is 2.16. The number of carbonyl (C=O) groups excluding carboxylic acids is 1. The van der Waals surface area contributed by atoms with E-state index in [1.165, 1.54) is 0 Å². The molecule has 1 heterocycles. The fourth-order valence-corrected chi connectivity index (χ4v) is 2.19. The van der Waals surface area contributed by atoms with Crippen molar-refractivity contribution in [2.75, 3.05) is 0 Å². The van der Waals surface area contributed by atoms with E-state index in [-0.39, 0.29) is 5.88 Å². The maximum absolute atomic E-state index is 10.6. The second kappa shape index (κ2) is 5.39. The molecule has 1 aromatic heterocycles. The Morgan fingerprint density at radius 2 is 1.45 bits per heavy atom. The van der Waals surface area contributed by atoms with E-state index >= 15 is 0 Å². The zero-order chi connectivity index (χ0) is 13.8. The highest BCUT2D eigenvalue weighted by Crippen LogP contribution is 2.40. The van der Waals surface area contributed by atoms with Crippen molar-refractivity contribution in [1.82, 2.24) is 0 Å². The van der Waals surface area contributed by atoms with Gasteiger partial charge in [0.25, 0.3) is 0 Å². The summed E-state index contributed by atoms with van der Waals surface area (Å²) in [7, 11) is 0. The highest BCUT2D eigenvalue weighted by atomic mass is 16.3. The van der Waals surface area contributed by atoms with Crippen LogP contribution in [0.4, 0.5) is 5.88 Å². The Labute approximate surface area is 116 Å². The largest absolute Gasteiger partial charge is 0.445 e. The van der Waals surface area contributed by atoms with Gasteiger partial charge in [-0.25, -0.2) is 4.79 Å². The van der Waals surface area contributed by atoms with Crippen molar-refractivity contribution >= 4 is 12.0 Å². The Morgan fingerprint density at radius 3 is 2.05 bits per heavy atom. The molecule has 3 heteroatoms. The predicted octanol–water partition coefficient (Wildman–Crippen LogP) is 4.58. The van der Waals surface area contributed by atoms with Crippen LogP contribution in [-0.4, -0.2) is 6.08 Å². The molecule has 0 spiro atoms. The van der Waals surface area contributed by atoms with Crippen LogP contribution in [0.3, 0.4) is 0 Å². The van der Waals surface area contributed by atoms with Crippen molar-refractivity contribution in [3.63, 3.8) is 0 Å². The van der Waals surface area contributed by atoms with Gasteiger partial charge in [-0.2, -0.15) is 0 Å². The molecule has 96 valence electrons. The third-order valence-corrected chi connectivity index (χ3v) is 3.07.